The first kappa shape index (κ1) is 16.1. The van der Waals surface area contributed by atoms with Crippen molar-refractivity contribution in [2.75, 3.05) is 5.73 Å². The van der Waals surface area contributed by atoms with Gasteiger partial charge >= 0.3 is 0 Å². The van der Waals surface area contributed by atoms with Gasteiger partial charge in [-0.2, -0.15) is 0 Å². The number of hydrogen-bond donors (Lipinski definition) is 2. The summed E-state index contributed by atoms with van der Waals surface area (Å²) in [5, 5.41) is 2.94. The number of furan rings is 1. The number of nitrogens with one attached hydrogen (secondary N) is 1. The second-order valence-corrected chi connectivity index (χ2v) is 6.47. The van der Waals surface area contributed by atoms with Gasteiger partial charge in [0.1, 0.15) is 17.2 Å². The Morgan fingerprint density at radius 1 is 0.893 bits per heavy atom. The highest BCUT2D eigenvalue weighted by atomic mass is 16.3. The quantitative estimate of drug-likeness (QED) is 0.527. The number of anilines is 1. The van der Waals surface area contributed by atoms with Crippen LogP contribution in [0.5, 0.6) is 0 Å². The fourth-order valence-electron chi connectivity index (χ4n) is 3.46. The first-order valence-corrected chi connectivity index (χ1v) is 8.53. The van der Waals surface area contributed by atoms with Crippen LogP contribution in [0, 0.1) is 0 Å². The highest BCUT2D eigenvalue weighted by molar-refractivity contribution is 6.23. The number of fused-ring (bicyclic) bond motifs is 2. The Balaban J connectivity index is 1.69. The minimum atomic E-state index is -0.617. The van der Waals surface area contributed by atoms with Crippen molar-refractivity contribution in [2.45, 2.75) is 0 Å². The lowest BCUT2D eigenvalue weighted by Gasteiger charge is -2.11. The Labute approximate surface area is 158 Å². The summed E-state index contributed by atoms with van der Waals surface area (Å²) in [5.74, 6) is -0.597. The first-order chi connectivity index (χ1) is 13.5. The summed E-state index contributed by atoms with van der Waals surface area (Å²) in [5.41, 5.74) is 7.68. The van der Waals surface area contributed by atoms with Gasteiger partial charge in [-0.1, -0.05) is 30.3 Å². The molecule has 136 valence electrons. The molecule has 0 saturated heterocycles. The SMILES string of the molecule is Nc1c2c(cc(=O)n1-c1ccc3oc(-c4ccccc4)cc3c1)C(=O)NC2=O. The van der Waals surface area contributed by atoms with Crippen molar-refractivity contribution in [1.82, 2.24) is 9.88 Å². The van der Waals surface area contributed by atoms with Crippen LogP contribution in [0.3, 0.4) is 0 Å². The number of carbonyl (C=O) groups is 2. The lowest BCUT2D eigenvalue weighted by molar-refractivity contribution is 0.0880. The van der Waals surface area contributed by atoms with Crippen LogP contribution in [-0.2, 0) is 0 Å². The van der Waals surface area contributed by atoms with E-state index in [1.54, 1.807) is 18.2 Å². The van der Waals surface area contributed by atoms with E-state index in [-0.39, 0.29) is 16.9 Å². The van der Waals surface area contributed by atoms with Gasteiger partial charge in [-0.3, -0.25) is 24.3 Å². The van der Waals surface area contributed by atoms with Crippen molar-refractivity contribution >= 4 is 28.6 Å². The Morgan fingerprint density at radius 2 is 1.68 bits per heavy atom. The van der Waals surface area contributed by atoms with E-state index >= 15 is 0 Å². The van der Waals surface area contributed by atoms with E-state index in [1.807, 2.05) is 36.4 Å². The molecule has 0 spiro atoms. The molecule has 0 radical (unpaired) electrons. The number of imide groups is 1. The largest absolute Gasteiger partial charge is 0.456 e. The van der Waals surface area contributed by atoms with E-state index in [4.69, 9.17) is 10.2 Å². The van der Waals surface area contributed by atoms with Crippen molar-refractivity contribution in [3.8, 4) is 17.0 Å². The molecule has 1 aliphatic heterocycles. The molecule has 0 atom stereocenters. The summed E-state index contributed by atoms with van der Waals surface area (Å²) in [6.07, 6.45) is 0. The summed E-state index contributed by atoms with van der Waals surface area (Å²) in [6, 6.07) is 17.8. The third kappa shape index (κ3) is 2.26. The van der Waals surface area contributed by atoms with Crippen LogP contribution in [0.15, 0.2) is 69.9 Å². The van der Waals surface area contributed by atoms with Gasteiger partial charge < -0.3 is 10.2 Å². The van der Waals surface area contributed by atoms with Crippen molar-refractivity contribution in [1.29, 1.82) is 0 Å². The number of aromatic nitrogens is 1. The Bertz CT molecular complexity index is 1350. The number of benzene rings is 2. The fraction of sp³-hybridized carbons (Fsp3) is 0. The predicted octanol–water partition coefficient (Wildman–Crippen LogP) is 2.72. The maximum atomic E-state index is 12.6. The van der Waals surface area contributed by atoms with E-state index < -0.39 is 17.4 Å². The maximum absolute atomic E-state index is 12.6. The summed E-state index contributed by atoms with van der Waals surface area (Å²) in [6.45, 7) is 0. The van der Waals surface area contributed by atoms with E-state index in [2.05, 4.69) is 5.32 Å². The maximum Gasteiger partial charge on any atom is 0.262 e. The van der Waals surface area contributed by atoms with Crippen LogP contribution in [0.2, 0.25) is 0 Å². The topological polar surface area (TPSA) is 107 Å². The molecule has 0 fully saturated rings. The average molecular weight is 371 g/mol. The number of nitrogens with zero attached hydrogens (tertiary/aromatic N) is 1. The zero-order valence-corrected chi connectivity index (χ0v) is 14.4. The highest BCUT2D eigenvalue weighted by Crippen LogP contribution is 2.30. The smallest absolute Gasteiger partial charge is 0.262 e. The van der Waals surface area contributed by atoms with Crippen LogP contribution in [-0.4, -0.2) is 16.4 Å². The first-order valence-electron chi connectivity index (χ1n) is 8.53. The molecule has 2 aromatic carbocycles. The second-order valence-electron chi connectivity index (χ2n) is 6.47. The van der Waals surface area contributed by atoms with Crippen molar-refractivity contribution in [2.24, 2.45) is 0 Å². The van der Waals surface area contributed by atoms with Gasteiger partial charge in [0.15, 0.2) is 0 Å². The third-order valence-electron chi connectivity index (χ3n) is 4.77. The molecule has 7 nitrogen and oxygen atoms in total. The summed E-state index contributed by atoms with van der Waals surface area (Å²) >= 11 is 0. The second kappa shape index (κ2) is 5.68. The number of amides is 2. The van der Waals surface area contributed by atoms with Gasteiger partial charge in [0, 0.05) is 17.0 Å². The Morgan fingerprint density at radius 3 is 2.46 bits per heavy atom. The van der Waals surface area contributed by atoms with Crippen LogP contribution in [0.1, 0.15) is 20.7 Å². The van der Waals surface area contributed by atoms with Gasteiger partial charge in [0.2, 0.25) is 0 Å². The lowest BCUT2D eigenvalue weighted by Crippen LogP contribution is -2.24. The number of nitrogen functional groups attached to an aromatic ring is 1. The van der Waals surface area contributed by atoms with E-state index in [0.717, 1.165) is 17.0 Å². The van der Waals surface area contributed by atoms with E-state index in [0.29, 0.717) is 17.0 Å². The standard InChI is InChI=1S/C21H13N3O4/c22-19-18-14(20(26)23-21(18)27)10-17(25)24(19)13-6-7-15-12(8-13)9-16(28-15)11-4-2-1-3-5-11/h1-10H,22H2,(H,23,26,27). The summed E-state index contributed by atoms with van der Waals surface area (Å²) in [7, 11) is 0. The molecular formula is C21H13N3O4. The Hall–Kier alpha value is -4.13. The molecule has 0 unspecified atom stereocenters. The minimum absolute atomic E-state index is 0.000460. The van der Waals surface area contributed by atoms with Gasteiger partial charge in [0.25, 0.3) is 17.4 Å². The van der Waals surface area contributed by atoms with Crippen LogP contribution in [0.25, 0.3) is 28.0 Å². The molecule has 3 heterocycles. The summed E-state index contributed by atoms with van der Waals surface area (Å²) in [4.78, 5) is 36.4. The van der Waals surface area contributed by atoms with Crippen molar-refractivity contribution < 1.29 is 14.0 Å². The lowest BCUT2D eigenvalue weighted by atomic mass is 10.1. The number of hydrogen-bond acceptors (Lipinski definition) is 5. The molecule has 0 saturated carbocycles. The van der Waals surface area contributed by atoms with Crippen LogP contribution >= 0.6 is 0 Å². The van der Waals surface area contributed by atoms with Gasteiger partial charge in [-0.25, -0.2) is 0 Å². The van der Waals surface area contributed by atoms with E-state index in [1.165, 1.54) is 4.57 Å². The van der Waals surface area contributed by atoms with Crippen molar-refractivity contribution in [3.63, 3.8) is 0 Å². The van der Waals surface area contributed by atoms with Gasteiger partial charge in [-0.05, 0) is 24.3 Å². The molecule has 0 aliphatic carbocycles. The molecule has 1 aliphatic rings. The van der Waals surface area contributed by atoms with Gasteiger partial charge in [0.05, 0.1) is 16.8 Å². The van der Waals surface area contributed by atoms with Crippen molar-refractivity contribution in [3.05, 3.63) is 82.1 Å². The predicted molar refractivity (Wildman–Crippen MR) is 103 cm³/mol. The highest BCUT2D eigenvalue weighted by Gasteiger charge is 2.31. The summed E-state index contributed by atoms with van der Waals surface area (Å²) < 4.78 is 7.10. The number of nitrogens with two attached hydrogens (primary N) is 1. The molecule has 28 heavy (non-hydrogen) atoms. The zero-order chi connectivity index (χ0) is 19.4. The minimum Gasteiger partial charge on any atom is -0.456 e. The fourth-order valence-corrected chi connectivity index (χ4v) is 3.46. The average Bonchev–Trinajstić information content (AvgIpc) is 3.23. The molecule has 0 bridgehead atoms. The molecule has 7 heteroatoms. The molecule has 3 N–H and O–H groups in total. The van der Waals surface area contributed by atoms with Crippen LogP contribution in [0.4, 0.5) is 5.82 Å². The van der Waals surface area contributed by atoms with E-state index in [9.17, 15) is 14.4 Å². The molecule has 5 rings (SSSR count). The van der Waals surface area contributed by atoms with Gasteiger partial charge in [-0.15, -0.1) is 0 Å². The number of carbonyl (C=O) groups excluding carboxylic acids is 2. The molecule has 2 amide bonds. The Kier molecular flexibility index (Phi) is 3.26. The number of pyridine rings is 1. The molecule has 2 aromatic heterocycles. The molecular weight excluding hydrogens is 358 g/mol. The zero-order valence-electron chi connectivity index (χ0n) is 14.4. The molecule has 4 aromatic rings. The normalized spacial score (nSPS) is 13.0. The number of rotatable bonds is 2. The third-order valence-corrected chi connectivity index (χ3v) is 4.77. The monoisotopic (exact) mass is 371 g/mol. The van der Waals surface area contributed by atoms with Crippen LogP contribution < -0.4 is 16.6 Å².